The highest BCUT2D eigenvalue weighted by Crippen LogP contribution is 2.11. The molecular formula is C15H20O4S. The average molecular weight is 296 g/mol. The monoisotopic (exact) mass is 296 g/mol. The Morgan fingerprint density at radius 3 is 2.50 bits per heavy atom. The summed E-state index contributed by atoms with van der Waals surface area (Å²) in [6, 6.07) is 9.28. The maximum absolute atomic E-state index is 11.8. The highest BCUT2D eigenvalue weighted by molar-refractivity contribution is 7.80. The molecule has 0 N–H and O–H groups in total. The lowest BCUT2D eigenvalue weighted by atomic mass is 10.00. The minimum Gasteiger partial charge on any atom is -0.490 e. The lowest BCUT2D eigenvalue weighted by Gasteiger charge is -2.13. The molecule has 1 aromatic rings. The summed E-state index contributed by atoms with van der Waals surface area (Å²) >= 11 is 4.07. The summed E-state index contributed by atoms with van der Waals surface area (Å²) in [5, 5.41) is 0. The van der Waals surface area contributed by atoms with Crippen LogP contribution in [0.3, 0.4) is 0 Å². The summed E-state index contributed by atoms with van der Waals surface area (Å²) < 4.78 is 10.5. The molecular weight excluding hydrogens is 276 g/mol. The summed E-state index contributed by atoms with van der Waals surface area (Å²) in [6.07, 6.45) is 1.19. The molecule has 0 bridgehead atoms. The fraction of sp³-hybridized carbons (Fsp3) is 0.467. The number of esters is 1. The van der Waals surface area contributed by atoms with E-state index in [1.807, 2.05) is 30.3 Å². The van der Waals surface area contributed by atoms with Crippen molar-refractivity contribution in [2.75, 3.05) is 19.0 Å². The zero-order chi connectivity index (χ0) is 14.8. The molecule has 0 aliphatic carbocycles. The van der Waals surface area contributed by atoms with Gasteiger partial charge in [-0.05, 0) is 37.7 Å². The van der Waals surface area contributed by atoms with Crippen LogP contribution >= 0.6 is 12.6 Å². The molecule has 20 heavy (non-hydrogen) atoms. The molecule has 0 amide bonds. The molecule has 0 saturated heterocycles. The number of carbonyl (C=O) groups is 2. The Bertz CT molecular complexity index is 419. The SMILES string of the molecule is CC(=O)C(CCCS)C(=O)OCCOc1ccccc1. The zero-order valence-electron chi connectivity index (χ0n) is 11.6. The molecule has 1 aromatic carbocycles. The normalized spacial score (nSPS) is 11.7. The van der Waals surface area contributed by atoms with Crippen molar-refractivity contribution in [3.05, 3.63) is 30.3 Å². The number of ether oxygens (including phenoxy) is 2. The van der Waals surface area contributed by atoms with Crippen molar-refractivity contribution in [2.24, 2.45) is 5.92 Å². The summed E-state index contributed by atoms with van der Waals surface area (Å²) in [6.45, 7) is 1.82. The van der Waals surface area contributed by atoms with Gasteiger partial charge in [0, 0.05) is 0 Å². The third kappa shape index (κ3) is 6.10. The van der Waals surface area contributed by atoms with Gasteiger partial charge in [0.15, 0.2) is 0 Å². The van der Waals surface area contributed by atoms with Gasteiger partial charge in [-0.1, -0.05) is 18.2 Å². The van der Waals surface area contributed by atoms with Gasteiger partial charge in [0.1, 0.15) is 30.7 Å². The molecule has 0 saturated carbocycles. The largest absolute Gasteiger partial charge is 0.490 e. The maximum Gasteiger partial charge on any atom is 0.316 e. The van der Waals surface area contributed by atoms with E-state index in [4.69, 9.17) is 9.47 Å². The van der Waals surface area contributed by atoms with Crippen molar-refractivity contribution in [2.45, 2.75) is 19.8 Å². The second-order valence-corrected chi connectivity index (χ2v) is 4.81. The van der Waals surface area contributed by atoms with Crippen molar-refractivity contribution in [3.63, 3.8) is 0 Å². The number of Topliss-reactive ketones (excluding diaryl/α,β-unsaturated/α-hetero) is 1. The van der Waals surface area contributed by atoms with E-state index in [0.717, 1.165) is 5.75 Å². The molecule has 5 heteroatoms. The van der Waals surface area contributed by atoms with Crippen LogP contribution in [0.2, 0.25) is 0 Å². The highest BCUT2D eigenvalue weighted by atomic mass is 32.1. The highest BCUT2D eigenvalue weighted by Gasteiger charge is 2.24. The van der Waals surface area contributed by atoms with Crippen LogP contribution in [-0.4, -0.2) is 30.7 Å². The lowest BCUT2D eigenvalue weighted by molar-refractivity contribution is -0.152. The fourth-order valence-electron chi connectivity index (χ4n) is 1.70. The zero-order valence-corrected chi connectivity index (χ0v) is 12.5. The number of ketones is 1. The molecule has 0 spiro atoms. The van der Waals surface area contributed by atoms with Gasteiger partial charge in [0.05, 0.1) is 0 Å². The van der Waals surface area contributed by atoms with Crippen molar-refractivity contribution >= 4 is 24.4 Å². The first-order valence-corrected chi connectivity index (χ1v) is 7.24. The predicted molar refractivity (Wildman–Crippen MR) is 80.2 cm³/mol. The number of hydrogen-bond donors (Lipinski definition) is 1. The molecule has 0 aromatic heterocycles. The Hall–Kier alpha value is -1.49. The van der Waals surface area contributed by atoms with E-state index in [9.17, 15) is 9.59 Å². The minimum atomic E-state index is -0.682. The Labute approximate surface area is 124 Å². The third-order valence-corrected chi connectivity index (χ3v) is 3.08. The standard InChI is InChI=1S/C15H20O4S/c1-12(16)14(8-5-11-20)15(17)19-10-9-18-13-6-3-2-4-7-13/h2-4,6-7,14,20H,5,8-11H2,1H3. The molecule has 4 nitrogen and oxygen atoms in total. The molecule has 0 radical (unpaired) electrons. The van der Waals surface area contributed by atoms with E-state index in [0.29, 0.717) is 18.6 Å². The topological polar surface area (TPSA) is 52.6 Å². The Kier molecular flexibility index (Phi) is 7.80. The van der Waals surface area contributed by atoms with Crippen LogP contribution in [0.5, 0.6) is 5.75 Å². The molecule has 0 heterocycles. The lowest BCUT2D eigenvalue weighted by Crippen LogP contribution is -2.26. The van der Waals surface area contributed by atoms with E-state index < -0.39 is 11.9 Å². The first kappa shape index (κ1) is 16.6. The first-order chi connectivity index (χ1) is 9.65. The van der Waals surface area contributed by atoms with E-state index in [2.05, 4.69) is 12.6 Å². The van der Waals surface area contributed by atoms with E-state index in [1.165, 1.54) is 6.92 Å². The third-order valence-electron chi connectivity index (χ3n) is 2.77. The molecule has 110 valence electrons. The van der Waals surface area contributed by atoms with Crippen LogP contribution in [0.1, 0.15) is 19.8 Å². The molecule has 1 unspecified atom stereocenters. The van der Waals surface area contributed by atoms with Crippen LogP contribution in [0.25, 0.3) is 0 Å². The number of hydrogen-bond acceptors (Lipinski definition) is 5. The molecule has 0 aliphatic heterocycles. The van der Waals surface area contributed by atoms with Crippen molar-refractivity contribution in [1.29, 1.82) is 0 Å². The van der Waals surface area contributed by atoms with Crippen molar-refractivity contribution in [3.8, 4) is 5.75 Å². The van der Waals surface area contributed by atoms with Crippen molar-refractivity contribution < 1.29 is 19.1 Å². The Balaban J connectivity index is 2.28. The smallest absolute Gasteiger partial charge is 0.316 e. The fourth-order valence-corrected chi connectivity index (χ4v) is 1.88. The van der Waals surface area contributed by atoms with Crippen molar-refractivity contribution in [1.82, 2.24) is 0 Å². The van der Waals surface area contributed by atoms with Gasteiger partial charge in [-0.25, -0.2) is 0 Å². The number of para-hydroxylation sites is 1. The van der Waals surface area contributed by atoms with Gasteiger partial charge in [0.25, 0.3) is 0 Å². The van der Waals surface area contributed by atoms with Gasteiger partial charge < -0.3 is 9.47 Å². The molecule has 0 fully saturated rings. The number of benzene rings is 1. The molecule has 0 aliphatic rings. The molecule has 1 atom stereocenters. The van der Waals surface area contributed by atoms with Crippen LogP contribution in [0.15, 0.2) is 30.3 Å². The van der Waals surface area contributed by atoms with Crippen LogP contribution in [-0.2, 0) is 14.3 Å². The van der Waals surface area contributed by atoms with Crippen LogP contribution in [0.4, 0.5) is 0 Å². The number of carbonyl (C=O) groups excluding carboxylic acids is 2. The first-order valence-electron chi connectivity index (χ1n) is 6.61. The van der Waals surface area contributed by atoms with Gasteiger partial charge in [-0.2, -0.15) is 12.6 Å². The average Bonchev–Trinajstić information content (AvgIpc) is 2.45. The summed E-state index contributed by atoms with van der Waals surface area (Å²) in [4.78, 5) is 23.2. The molecule has 1 rings (SSSR count). The number of thiol groups is 1. The summed E-state index contributed by atoms with van der Waals surface area (Å²) in [7, 11) is 0. The predicted octanol–water partition coefficient (Wildman–Crippen LogP) is 2.52. The Morgan fingerprint density at radius 2 is 1.90 bits per heavy atom. The summed E-state index contributed by atoms with van der Waals surface area (Å²) in [5.74, 6) is 0.0473. The van der Waals surface area contributed by atoms with Gasteiger partial charge in [-0.3, -0.25) is 9.59 Å². The van der Waals surface area contributed by atoms with Gasteiger partial charge >= 0.3 is 5.97 Å². The van der Waals surface area contributed by atoms with E-state index >= 15 is 0 Å². The minimum absolute atomic E-state index is 0.137. The van der Waals surface area contributed by atoms with E-state index in [1.54, 1.807) is 0 Å². The van der Waals surface area contributed by atoms with E-state index in [-0.39, 0.29) is 19.0 Å². The second-order valence-electron chi connectivity index (χ2n) is 4.36. The second kappa shape index (κ2) is 9.42. The number of rotatable bonds is 9. The van der Waals surface area contributed by atoms with Gasteiger partial charge in [-0.15, -0.1) is 0 Å². The maximum atomic E-state index is 11.8. The Morgan fingerprint density at radius 1 is 1.20 bits per heavy atom. The van der Waals surface area contributed by atoms with Crippen LogP contribution < -0.4 is 4.74 Å². The van der Waals surface area contributed by atoms with Gasteiger partial charge in [0.2, 0.25) is 0 Å². The van der Waals surface area contributed by atoms with Crippen LogP contribution in [0, 0.1) is 5.92 Å². The quantitative estimate of drug-likeness (QED) is 0.329. The summed E-state index contributed by atoms with van der Waals surface area (Å²) in [5.41, 5.74) is 0.